The Morgan fingerprint density at radius 3 is 2.14 bits per heavy atom. The highest BCUT2D eigenvalue weighted by Gasteiger charge is 2.34. The van der Waals surface area contributed by atoms with Crippen molar-refractivity contribution in [1.29, 1.82) is 0 Å². The Morgan fingerprint density at radius 2 is 1.68 bits per heavy atom. The third-order valence-electron chi connectivity index (χ3n) is 3.66. The van der Waals surface area contributed by atoms with Gasteiger partial charge >= 0.3 is 5.97 Å². The Hall–Kier alpha value is -0.940. The van der Waals surface area contributed by atoms with E-state index in [1.54, 1.807) is 7.11 Å². The molecule has 0 fully saturated rings. The van der Waals surface area contributed by atoms with Gasteiger partial charge in [-0.3, -0.25) is 9.59 Å². The number of rotatable bonds is 10. The smallest absolute Gasteiger partial charge is 0.305 e. The molecule has 5 heteroatoms. The van der Waals surface area contributed by atoms with Crippen LogP contribution in [0, 0.1) is 5.41 Å². The lowest BCUT2D eigenvalue weighted by Gasteiger charge is -2.33. The van der Waals surface area contributed by atoms with Gasteiger partial charge in [-0.25, -0.2) is 0 Å². The summed E-state index contributed by atoms with van der Waals surface area (Å²) in [6.07, 6.45) is 1.45. The number of carbonyl (C=O) groups is 2. The van der Waals surface area contributed by atoms with Gasteiger partial charge in [0.05, 0.1) is 12.6 Å². The molecule has 5 nitrogen and oxygen atoms in total. The van der Waals surface area contributed by atoms with E-state index in [1.165, 1.54) is 0 Å². The van der Waals surface area contributed by atoms with E-state index < -0.39 is 5.41 Å². The maximum absolute atomic E-state index is 12.7. The second-order valence-electron chi connectivity index (χ2n) is 7.30. The van der Waals surface area contributed by atoms with Gasteiger partial charge in [0, 0.05) is 24.5 Å². The first-order valence-electron chi connectivity index (χ1n) is 8.00. The van der Waals surface area contributed by atoms with Crippen LogP contribution in [0.5, 0.6) is 0 Å². The van der Waals surface area contributed by atoms with Crippen molar-refractivity contribution in [2.45, 2.75) is 72.4 Å². The van der Waals surface area contributed by atoms with Crippen LogP contribution in [0.3, 0.4) is 0 Å². The average Bonchev–Trinajstić information content (AvgIpc) is 2.41. The maximum Gasteiger partial charge on any atom is 0.305 e. The first kappa shape index (κ1) is 21.1. The summed E-state index contributed by atoms with van der Waals surface area (Å²) in [5.74, 6) is -0.144. The average molecular weight is 315 g/mol. The van der Waals surface area contributed by atoms with Crippen LogP contribution in [0.1, 0.15) is 60.8 Å². The number of nitrogens with one attached hydrogen (secondary N) is 1. The van der Waals surface area contributed by atoms with Crippen molar-refractivity contribution < 1.29 is 19.1 Å². The Labute approximate surface area is 135 Å². The number of Topliss-reactive ketones (excluding diaryl/α,β-unsaturated/α-hetero) is 1. The van der Waals surface area contributed by atoms with Gasteiger partial charge in [0.1, 0.15) is 6.61 Å². The second-order valence-corrected chi connectivity index (χ2v) is 7.30. The third kappa shape index (κ3) is 8.49. The molecule has 0 aliphatic rings. The van der Waals surface area contributed by atoms with Gasteiger partial charge in [0.2, 0.25) is 0 Å². The maximum atomic E-state index is 12.7. The van der Waals surface area contributed by atoms with Crippen LogP contribution < -0.4 is 5.32 Å². The number of hydrogen-bond donors (Lipinski definition) is 1. The SMILES string of the molecule is CCC(C)(C)C(=O)C(CCC(=O)OCCOC)NC(C)(C)C. The molecule has 0 heterocycles. The minimum absolute atomic E-state index is 0.148. The van der Waals surface area contributed by atoms with E-state index in [0.717, 1.165) is 6.42 Å². The van der Waals surface area contributed by atoms with Crippen LogP contribution in [0.25, 0.3) is 0 Å². The minimum atomic E-state index is -0.400. The fourth-order valence-electron chi connectivity index (χ4n) is 2.01. The number of ether oxygens (including phenoxy) is 2. The van der Waals surface area contributed by atoms with Crippen LogP contribution in [0.15, 0.2) is 0 Å². The highest BCUT2D eigenvalue weighted by molar-refractivity contribution is 5.89. The highest BCUT2D eigenvalue weighted by atomic mass is 16.6. The third-order valence-corrected chi connectivity index (χ3v) is 3.66. The largest absolute Gasteiger partial charge is 0.463 e. The van der Waals surface area contributed by atoms with E-state index in [1.807, 2.05) is 41.5 Å². The molecule has 1 N–H and O–H groups in total. The highest BCUT2D eigenvalue weighted by Crippen LogP contribution is 2.25. The van der Waals surface area contributed by atoms with Gasteiger partial charge in [-0.2, -0.15) is 0 Å². The van der Waals surface area contributed by atoms with Crippen molar-refractivity contribution in [3.63, 3.8) is 0 Å². The Bertz CT molecular complexity index is 358. The number of esters is 1. The molecule has 1 atom stereocenters. The summed E-state index contributed by atoms with van der Waals surface area (Å²) >= 11 is 0. The summed E-state index contributed by atoms with van der Waals surface area (Å²) < 4.78 is 9.89. The van der Waals surface area contributed by atoms with Crippen molar-refractivity contribution in [2.24, 2.45) is 5.41 Å². The summed E-state index contributed by atoms with van der Waals surface area (Å²) in [5, 5.41) is 3.34. The van der Waals surface area contributed by atoms with Crippen LogP contribution in [-0.4, -0.2) is 43.7 Å². The molecular formula is C17H33NO4. The summed E-state index contributed by atoms with van der Waals surface area (Å²) in [4.78, 5) is 24.4. The minimum Gasteiger partial charge on any atom is -0.463 e. The first-order chi connectivity index (χ1) is 10.0. The predicted molar refractivity (Wildman–Crippen MR) is 87.8 cm³/mol. The van der Waals surface area contributed by atoms with Crippen LogP contribution in [0.2, 0.25) is 0 Å². The number of carbonyl (C=O) groups excluding carboxylic acids is 2. The number of ketones is 1. The van der Waals surface area contributed by atoms with Gasteiger partial charge in [0.15, 0.2) is 5.78 Å². The van der Waals surface area contributed by atoms with E-state index in [-0.39, 0.29) is 36.4 Å². The molecule has 0 bridgehead atoms. The van der Waals surface area contributed by atoms with Crippen molar-refractivity contribution in [3.8, 4) is 0 Å². The van der Waals surface area contributed by atoms with Crippen molar-refractivity contribution in [2.75, 3.05) is 20.3 Å². The molecule has 0 spiro atoms. The molecule has 0 aliphatic heterocycles. The zero-order chi connectivity index (χ0) is 17.4. The number of hydrogen-bond acceptors (Lipinski definition) is 5. The van der Waals surface area contributed by atoms with E-state index in [2.05, 4.69) is 5.32 Å². The molecule has 0 saturated carbocycles. The molecule has 0 aliphatic carbocycles. The fourth-order valence-corrected chi connectivity index (χ4v) is 2.01. The summed E-state index contributed by atoms with van der Waals surface area (Å²) in [7, 11) is 1.56. The molecule has 130 valence electrons. The van der Waals surface area contributed by atoms with Crippen molar-refractivity contribution in [1.82, 2.24) is 5.32 Å². The Kier molecular flexibility index (Phi) is 8.86. The normalized spacial score (nSPS) is 13.8. The zero-order valence-corrected chi connectivity index (χ0v) is 15.2. The van der Waals surface area contributed by atoms with Gasteiger partial charge < -0.3 is 14.8 Å². The monoisotopic (exact) mass is 315 g/mol. The van der Waals surface area contributed by atoms with E-state index in [0.29, 0.717) is 13.0 Å². The van der Waals surface area contributed by atoms with E-state index >= 15 is 0 Å². The van der Waals surface area contributed by atoms with Gasteiger partial charge in [0.25, 0.3) is 0 Å². The Balaban J connectivity index is 4.68. The lowest BCUT2D eigenvalue weighted by Crippen LogP contribution is -2.51. The van der Waals surface area contributed by atoms with Crippen LogP contribution in [0.4, 0.5) is 0 Å². The van der Waals surface area contributed by atoms with Crippen LogP contribution >= 0.6 is 0 Å². The molecule has 1 unspecified atom stereocenters. The molecule has 22 heavy (non-hydrogen) atoms. The molecule has 0 aromatic heterocycles. The van der Waals surface area contributed by atoms with E-state index in [4.69, 9.17) is 9.47 Å². The summed E-state index contributed by atoms with van der Waals surface area (Å²) in [6.45, 7) is 12.6. The summed E-state index contributed by atoms with van der Waals surface area (Å²) in [5.41, 5.74) is -0.590. The molecule has 0 aromatic rings. The quantitative estimate of drug-likeness (QED) is 0.496. The topological polar surface area (TPSA) is 64.6 Å². The first-order valence-corrected chi connectivity index (χ1v) is 8.00. The molecule has 0 amide bonds. The molecular weight excluding hydrogens is 282 g/mol. The second kappa shape index (κ2) is 9.26. The fraction of sp³-hybridized carbons (Fsp3) is 0.882. The Morgan fingerprint density at radius 1 is 1.09 bits per heavy atom. The van der Waals surface area contributed by atoms with Gasteiger partial charge in [-0.1, -0.05) is 20.8 Å². The van der Waals surface area contributed by atoms with Crippen molar-refractivity contribution >= 4 is 11.8 Å². The van der Waals surface area contributed by atoms with Crippen molar-refractivity contribution in [3.05, 3.63) is 0 Å². The zero-order valence-electron chi connectivity index (χ0n) is 15.2. The molecule has 0 aromatic carbocycles. The lowest BCUT2D eigenvalue weighted by molar-refractivity contribution is -0.145. The standard InChI is InChI=1S/C17H33NO4/c1-8-17(5,6)15(20)13(18-16(2,3)4)9-10-14(19)22-12-11-21-7/h13,18H,8-12H2,1-7H3. The van der Waals surface area contributed by atoms with Crippen LogP contribution in [-0.2, 0) is 19.1 Å². The van der Waals surface area contributed by atoms with Gasteiger partial charge in [-0.15, -0.1) is 0 Å². The molecule has 0 radical (unpaired) electrons. The van der Waals surface area contributed by atoms with Gasteiger partial charge in [-0.05, 0) is 33.6 Å². The predicted octanol–water partition coefficient (Wildman–Crippen LogP) is 2.72. The summed E-state index contributed by atoms with van der Waals surface area (Å²) in [6, 6.07) is -0.343. The number of methoxy groups -OCH3 is 1. The molecule has 0 rings (SSSR count). The molecule has 0 saturated heterocycles. The van der Waals surface area contributed by atoms with E-state index in [9.17, 15) is 9.59 Å². The lowest BCUT2D eigenvalue weighted by atomic mass is 9.80.